The van der Waals surface area contributed by atoms with Gasteiger partial charge in [-0.25, -0.2) is 0 Å². The summed E-state index contributed by atoms with van der Waals surface area (Å²) < 4.78 is 1.08. The summed E-state index contributed by atoms with van der Waals surface area (Å²) in [5.74, 6) is 0.351. The normalized spacial score (nSPS) is 21.7. The molecule has 3 heteroatoms. The molecule has 0 spiro atoms. The average molecular weight is 268 g/mol. The Hall–Kier alpha value is -0.670. The van der Waals surface area contributed by atoms with E-state index >= 15 is 0 Å². The van der Waals surface area contributed by atoms with Gasteiger partial charge in [-0.1, -0.05) is 28.1 Å². The van der Waals surface area contributed by atoms with Crippen LogP contribution in [0, 0.1) is 0 Å². The van der Waals surface area contributed by atoms with E-state index in [9.17, 15) is 4.79 Å². The Morgan fingerprint density at radius 3 is 2.73 bits per heavy atom. The Labute approximate surface area is 98.2 Å². The Balaban J connectivity index is 2.01. The van der Waals surface area contributed by atoms with E-state index in [-0.39, 0.29) is 6.04 Å². The molecule has 0 saturated carbocycles. The van der Waals surface area contributed by atoms with Gasteiger partial charge in [-0.3, -0.25) is 4.79 Å². The average Bonchev–Trinajstić information content (AvgIpc) is 2.25. The highest BCUT2D eigenvalue weighted by atomic mass is 79.9. The molecule has 1 N–H and O–H groups in total. The fourth-order valence-corrected chi connectivity index (χ4v) is 2.13. The molecule has 1 aromatic carbocycles. The lowest BCUT2D eigenvalue weighted by Gasteiger charge is -2.22. The van der Waals surface area contributed by atoms with Crippen LogP contribution in [0.4, 0.5) is 0 Å². The van der Waals surface area contributed by atoms with E-state index < -0.39 is 0 Å². The van der Waals surface area contributed by atoms with Crippen molar-refractivity contribution in [2.75, 3.05) is 6.54 Å². The van der Waals surface area contributed by atoms with Crippen LogP contribution in [-0.4, -0.2) is 18.4 Å². The van der Waals surface area contributed by atoms with Gasteiger partial charge in [-0.05, 0) is 37.1 Å². The molecule has 1 unspecified atom stereocenters. The topological polar surface area (TPSA) is 29.1 Å². The fraction of sp³-hybridized carbons (Fsp3) is 0.417. The summed E-state index contributed by atoms with van der Waals surface area (Å²) in [5.41, 5.74) is 1.21. The minimum absolute atomic E-state index is 0.0277. The molecule has 0 radical (unpaired) electrons. The highest BCUT2D eigenvalue weighted by Gasteiger charge is 2.21. The highest BCUT2D eigenvalue weighted by molar-refractivity contribution is 9.10. The maximum atomic E-state index is 11.6. The Bertz CT molecular complexity index is 347. The largest absolute Gasteiger partial charge is 0.307 e. The summed E-state index contributed by atoms with van der Waals surface area (Å²) in [5, 5.41) is 3.27. The van der Waals surface area contributed by atoms with Gasteiger partial charge in [0.1, 0.15) is 5.78 Å². The summed E-state index contributed by atoms with van der Waals surface area (Å²) >= 11 is 3.40. The van der Waals surface area contributed by atoms with E-state index in [2.05, 4.69) is 33.4 Å². The zero-order chi connectivity index (χ0) is 10.7. The van der Waals surface area contributed by atoms with Gasteiger partial charge in [0.05, 0.1) is 6.04 Å². The van der Waals surface area contributed by atoms with Crippen LogP contribution in [0.3, 0.4) is 0 Å². The SMILES string of the molecule is O=C1CCCNC1Cc1ccc(Br)cc1. The van der Waals surface area contributed by atoms with Gasteiger partial charge in [-0.2, -0.15) is 0 Å². The molecule has 1 aromatic rings. The van der Waals surface area contributed by atoms with Gasteiger partial charge in [0.25, 0.3) is 0 Å². The van der Waals surface area contributed by atoms with Gasteiger partial charge in [0.2, 0.25) is 0 Å². The first-order valence-electron chi connectivity index (χ1n) is 5.26. The molecule has 1 saturated heterocycles. The van der Waals surface area contributed by atoms with Crippen LogP contribution in [0.15, 0.2) is 28.7 Å². The zero-order valence-electron chi connectivity index (χ0n) is 8.50. The third-order valence-electron chi connectivity index (χ3n) is 2.73. The van der Waals surface area contributed by atoms with E-state index in [1.54, 1.807) is 0 Å². The predicted octanol–water partition coefficient (Wildman–Crippen LogP) is 2.31. The Morgan fingerprint density at radius 2 is 2.07 bits per heavy atom. The lowest BCUT2D eigenvalue weighted by atomic mass is 9.97. The second-order valence-corrected chi connectivity index (χ2v) is 4.82. The Kier molecular flexibility index (Phi) is 3.54. The molecule has 80 valence electrons. The number of hydrogen-bond acceptors (Lipinski definition) is 2. The maximum Gasteiger partial charge on any atom is 0.150 e. The van der Waals surface area contributed by atoms with Crippen LogP contribution in [-0.2, 0) is 11.2 Å². The first-order chi connectivity index (χ1) is 7.25. The molecule has 2 rings (SSSR count). The molecule has 1 aliphatic heterocycles. The number of nitrogens with one attached hydrogen (secondary N) is 1. The van der Waals surface area contributed by atoms with Gasteiger partial charge < -0.3 is 5.32 Å². The van der Waals surface area contributed by atoms with Gasteiger partial charge in [-0.15, -0.1) is 0 Å². The summed E-state index contributed by atoms with van der Waals surface area (Å²) in [6, 6.07) is 8.19. The quantitative estimate of drug-likeness (QED) is 0.891. The first kappa shape index (κ1) is 10.8. The van der Waals surface area contributed by atoms with Gasteiger partial charge in [0.15, 0.2) is 0 Å². The molecule has 0 amide bonds. The maximum absolute atomic E-state index is 11.6. The number of piperidine rings is 1. The van der Waals surface area contributed by atoms with E-state index in [1.165, 1.54) is 5.56 Å². The minimum atomic E-state index is 0.0277. The van der Waals surface area contributed by atoms with Crippen molar-refractivity contribution in [1.82, 2.24) is 5.32 Å². The van der Waals surface area contributed by atoms with Crippen LogP contribution in [0.2, 0.25) is 0 Å². The number of carbonyl (C=O) groups is 1. The molecule has 0 aromatic heterocycles. The number of hydrogen-bond donors (Lipinski definition) is 1. The number of rotatable bonds is 2. The van der Waals surface area contributed by atoms with E-state index in [0.29, 0.717) is 5.78 Å². The first-order valence-corrected chi connectivity index (χ1v) is 6.05. The van der Waals surface area contributed by atoms with Gasteiger partial charge >= 0.3 is 0 Å². The standard InChI is InChI=1S/C12H14BrNO/c13-10-5-3-9(4-6-10)8-11-12(15)2-1-7-14-11/h3-6,11,14H,1-2,7-8H2. The van der Waals surface area contributed by atoms with E-state index in [1.807, 2.05) is 12.1 Å². The molecule has 0 aliphatic carbocycles. The monoisotopic (exact) mass is 267 g/mol. The number of halogens is 1. The van der Waals surface area contributed by atoms with Gasteiger partial charge in [0, 0.05) is 10.9 Å². The van der Waals surface area contributed by atoms with Crippen molar-refractivity contribution >= 4 is 21.7 Å². The van der Waals surface area contributed by atoms with Crippen LogP contribution >= 0.6 is 15.9 Å². The van der Waals surface area contributed by atoms with Crippen molar-refractivity contribution in [1.29, 1.82) is 0 Å². The van der Waals surface area contributed by atoms with Crippen molar-refractivity contribution in [3.05, 3.63) is 34.3 Å². The van der Waals surface area contributed by atoms with E-state index in [0.717, 1.165) is 30.3 Å². The molecular weight excluding hydrogens is 254 g/mol. The summed E-state index contributed by atoms with van der Waals surface area (Å²) in [7, 11) is 0. The number of carbonyl (C=O) groups excluding carboxylic acids is 1. The fourth-order valence-electron chi connectivity index (χ4n) is 1.87. The number of ketones is 1. The molecular formula is C12H14BrNO. The van der Waals surface area contributed by atoms with Crippen LogP contribution in [0.25, 0.3) is 0 Å². The zero-order valence-corrected chi connectivity index (χ0v) is 10.1. The van der Waals surface area contributed by atoms with Crippen molar-refractivity contribution in [3.63, 3.8) is 0 Å². The van der Waals surface area contributed by atoms with Crippen molar-refractivity contribution in [3.8, 4) is 0 Å². The third kappa shape index (κ3) is 2.89. The van der Waals surface area contributed by atoms with Crippen molar-refractivity contribution in [2.45, 2.75) is 25.3 Å². The molecule has 1 fully saturated rings. The molecule has 1 aliphatic rings. The summed E-state index contributed by atoms with van der Waals surface area (Å²) in [4.78, 5) is 11.6. The second-order valence-electron chi connectivity index (χ2n) is 3.91. The number of Topliss-reactive ketones (excluding diaryl/α,β-unsaturated/α-hetero) is 1. The van der Waals surface area contributed by atoms with Crippen LogP contribution in [0.1, 0.15) is 18.4 Å². The molecule has 1 heterocycles. The predicted molar refractivity (Wildman–Crippen MR) is 63.9 cm³/mol. The second kappa shape index (κ2) is 4.90. The molecule has 1 atom stereocenters. The summed E-state index contributed by atoms with van der Waals surface area (Å²) in [6.07, 6.45) is 2.52. The van der Waals surface area contributed by atoms with Crippen molar-refractivity contribution < 1.29 is 4.79 Å². The van der Waals surface area contributed by atoms with Crippen LogP contribution < -0.4 is 5.32 Å². The minimum Gasteiger partial charge on any atom is -0.307 e. The lowest BCUT2D eigenvalue weighted by Crippen LogP contribution is -2.43. The Morgan fingerprint density at radius 1 is 1.33 bits per heavy atom. The highest BCUT2D eigenvalue weighted by Crippen LogP contribution is 2.14. The van der Waals surface area contributed by atoms with Crippen molar-refractivity contribution in [2.24, 2.45) is 0 Å². The smallest absolute Gasteiger partial charge is 0.150 e. The number of benzene rings is 1. The molecule has 0 bridgehead atoms. The van der Waals surface area contributed by atoms with E-state index in [4.69, 9.17) is 0 Å². The molecule has 15 heavy (non-hydrogen) atoms. The molecule has 2 nitrogen and oxygen atoms in total. The lowest BCUT2D eigenvalue weighted by molar-refractivity contribution is -0.122. The third-order valence-corrected chi connectivity index (χ3v) is 3.26. The van der Waals surface area contributed by atoms with Crippen LogP contribution in [0.5, 0.6) is 0 Å². The summed E-state index contributed by atoms with van der Waals surface area (Å²) in [6.45, 7) is 0.965.